The Kier molecular flexibility index (Phi) is 4.48. The van der Waals surface area contributed by atoms with Crippen molar-refractivity contribution in [2.75, 3.05) is 33.4 Å². The number of fused-ring (bicyclic) bond motifs is 1. The fraction of sp³-hybridized carbons (Fsp3) is 0.647. The highest BCUT2D eigenvalue weighted by Crippen LogP contribution is 2.33. The maximum Gasteiger partial charge on any atom is 0.122 e. The van der Waals surface area contributed by atoms with Crippen LogP contribution in [-0.2, 0) is 11.2 Å². The molecule has 116 valence electrons. The highest BCUT2D eigenvalue weighted by molar-refractivity contribution is 5.41. The molecule has 4 nitrogen and oxygen atoms in total. The molecule has 1 fully saturated rings. The van der Waals surface area contributed by atoms with Crippen molar-refractivity contribution in [1.29, 1.82) is 0 Å². The maximum atomic E-state index is 6.05. The summed E-state index contributed by atoms with van der Waals surface area (Å²) >= 11 is 0. The minimum absolute atomic E-state index is 0.200. The molecule has 1 aromatic carbocycles. The number of nitrogens with one attached hydrogen (secondary N) is 1. The standard InChI is InChI=1S/C17H26N2O2/c1-12(2)18-11-16-17(19(3)7-9-21-16)14-4-5-15-13(10-14)6-8-20-15/h4-5,10,12,16-18H,6-9,11H2,1-3H3. The lowest BCUT2D eigenvalue weighted by molar-refractivity contribution is -0.0620. The Bertz CT molecular complexity index is 490. The third-order valence-corrected chi connectivity index (χ3v) is 4.39. The number of hydrogen-bond acceptors (Lipinski definition) is 4. The predicted molar refractivity (Wildman–Crippen MR) is 83.9 cm³/mol. The van der Waals surface area contributed by atoms with Crippen molar-refractivity contribution in [3.8, 4) is 5.75 Å². The summed E-state index contributed by atoms with van der Waals surface area (Å²) in [5, 5.41) is 3.51. The van der Waals surface area contributed by atoms with E-state index in [1.807, 2.05) is 0 Å². The molecule has 0 saturated carbocycles. The molecule has 2 aliphatic heterocycles. The van der Waals surface area contributed by atoms with Gasteiger partial charge in [0.15, 0.2) is 0 Å². The Balaban J connectivity index is 1.81. The van der Waals surface area contributed by atoms with Crippen LogP contribution in [0.15, 0.2) is 18.2 Å². The zero-order valence-corrected chi connectivity index (χ0v) is 13.3. The Morgan fingerprint density at radius 2 is 2.19 bits per heavy atom. The number of nitrogens with zero attached hydrogens (tertiary/aromatic N) is 1. The highest BCUT2D eigenvalue weighted by atomic mass is 16.5. The van der Waals surface area contributed by atoms with E-state index in [-0.39, 0.29) is 6.10 Å². The van der Waals surface area contributed by atoms with Crippen LogP contribution in [0.4, 0.5) is 0 Å². The molecule has 1 aromatic rings. The van der Waals surface area contributed by atoms with Gasteiger partial charge in [-0.3, -0.25) is 4.90 Å². The Morgan fingerprint density at radius 3 is 3.00 bits per heavy atom. The average Bonchev–Trinajstić information content (AvgIpc) is 2.92. The molecule has 4 heteroatoms. The van der Waals surface area contributed by atoms with Crippen LogP contribution in [0.5, 0.6) is 5.75 Å². The first-order chi connectivity index (χ1) is 10.1. The van der Waals surface area contributed by atoms with Crippen molar-refractivity contribution in [1.82, 2.24) is 10.2 Å². The lowest BCUT2D eigenvalue weighted by Crippen LogP contribution is -2.48. The van der Waals surface area contributed by atoms with Crippen LogP contribution in [0.3, 0.4) is 0 Å². The average molecular weight is 290 g/mol. The van der Waals surface area contributed by atoms with Gasteiger partial charge < -0.3 is 14.8 Å². The Hall–Kier alpha value is -1.10. The first-order valence-electron chi connectivity index (χ1n) is 7.96. The molecule has 0 amide bonds. The fourth-order valence-electron chi connectivity index (χ4n) is 3.24. The first kappa shape index (κ1) is 14.8. The van der Waals surface area contributed by atoms with Crippen molar-refractivity contribution in [3.05, 3.63) is 29.3 Å². The summed E-state index contributed by atoms with van der Waals surface area (Å²) < 4.78 is 11.7. The van der Waals surface area contributed by atoms with Gasteiger partial charge >= 0.3 is 0 Å². The van der Waals surface area contributed by atoms with E-state index >= 15 is 0 Å². The molecule has 0 aromatic heterocycles. The molecule has 3 rings (SSSR count). The van der Waals surface area contributed by atoms with Gasteiger partial charge in [-0.25, -0.2) is 0 Å². The summed E-state index contributed by atoms with van der Waals surface area (Å²) in [7, 11) is 2.19. The van der Waals surface area contributed by atoms with E-state index in [0.717, 1.165) is 38.5 Å². The van der Waals surface area contributed by atoms with Gasteiger partial charge in [0.2, 0.25) is 0 Å². The molecule has 1 saturated heterocycles. The quantitative estimate of drug-likeness (QED) is 0.919. The lowest BCUT2D eigenvalue weighted by atomic mass is 9.96. The third-order valence-electron chi connectivity index (χ3n) is 4.39. The monoisotopic (exact) mass is 290 g/mol. The van der Waals surface area contributed by atoms with E-state index < -0.39 is 0 Å². The molecule has 0 bridgehead atoms. The molecular formula is C17H26N2O2. The second-order valence-corrected chi connectivity index (χ2v) is 6.36. The molecule has 2 atom stereocenters. The summed E-state index contributed by atoms with van der Waals surface area (Å²) in [5.41, 5.74) is 2.68. The van der Waals surface area contributed by atoms with Crippen LogP contribution in [0.25, 0.3) is 0 Å². The summed E-state index contributed by atoms with van der Waals surface area (Å²) in [6.45, 7) is 7.85. The molecule has 1 N–H and O–H groups in total. The number of benzene rings is 1. The van der Waals surface area contributed by atoms with Crippen molar-refractivity contribution >= 4 is 0 Å². The van der Waals surface area contributed by atoms with E-state index in [4.69, 9.17) is 9.47 Å². The minimum atomic E-state index is 0.200. The second-order valence-electron chi connectivity index (χ2n) is 6.36. The van der Waals surface area contributed by atoms with Gasteiger partial charge in [-0.2, -0.15) is 0 Å². The van der Waals surface area contributed by atoms with Crippen LogP contribution in [0.1, 0.15) is 31.0 Å². The molecule has 0 radical (unpaired) electrons. The summed E-state index contributed by atoms with van der Waals surface area (Å²) in [4.78, 5) is 2.41. The highest BCUT2D eigenvalue weighted by Gasteiger charge is 2.32. The second kappa shape index (κ2) is 6.34. The van der Waals surface area contributed by atoms with Gasteiger partial charge in [-0.15, -0.1) is 0 Å². The molecular weight excluding hydrogens is 264 g/mol. The molecule has 21 heavy (non-hydrogen) atoms. The van der Waals surface area contributed by atoms with Gasteiger partial charge in [0.1, 0.15) is 5.75 Å². The van der Waals surface area contributed by atoms with Gasteiger partial charge in [-0.05, 0) is 24.2 Å². The van der Waals surface area contributed by atoms with E-state index in [2.05, 4.69) is 49.3 Å². The van der Waals surface area contributed by atoms with Crippen LogP contribution in [-0.4, -0.2) is 50.4 Å². The number of ether oxygens (including phenoxy) is 2. The van der Waals surface area contributed by atoms with Gasteiger partial charge in [0.05, 0.1) is 25.4 Å². The smallest absolute Gasteiger partial charge is 0.122 e. The Labute approximate surface area is 127 Å². The molecule has 2 heterocycles. The van der Waals surface area contributed by atoms with Crippen LogP contribution in [0, 0.1) is 0 Å². The summed E-state index contributed by atoms with van der Waals surface area (Å²) in [6.07, 6.45) is 1.22. The molecule has 0 spiro atoms. The number of morpholine rings is 1. The predicted octanol–water partition coefficient (Wildman–Crippen LogP) is 1.99. The zero-order valence-electron chi connectivity index (χ0n) is 13.3. The normalized spacial score (nSPS) is 25.9. The molecule has 2 aliphatic rings. The summed E-state index contributed by atoms with van der Waals surface area (Å²) in [6, 6.07) is 7.42. The largest absolute Gasteiger partial charge is 0.493 e. The number of likely N-dealkylation sites (N-methyl/N-ethyl adjacent to an activating group) is 1. The van der Waals surface area contributed by atoms with Crippen molar-refractivity contribution in [2.45, 2.75) is 38.5 Å². The van der Waals surface area contributed by atoms with Crippen molar-refractivity contribution < 1.29 is 9.47 Å². The van der Waals surface area contributed by atoms with Gasteiger partial charge in [-0.1, -0.05) is 26.0 Å². The van der Waals surface area contributed by atoms with Gasteiger partial charge in [0, 0.05) is 25.6 Å². The zero-order chi connectivity index (χ0) is 14.8. The fourth-order valence-corrected chi connectivity index (χ4v) is 3.24. The van der Waals surface area contributed by atoms with Gasteiger partial charge in [0.25, 0.3) is 0 Å². The van der Waals surface area contributed by atoms with Crippen LogP contribution in [0.2, 0.25) is 0 Å². The van der Waals surface area contributed by atoms with E-state index in [0.29, 0.717) is 12.1 Å². The number of hydrogen-bond donors (Lipinski definition) is 1. The minimum Gasteiger partial charge on any atom is -0.493 e. The SMILES string of the molecule is CC(C)NCC1OCCN(C)C1c1ccc2c(c1)CCO2. The van der Waals surface area contributed by atoms with Crippen LogP contribution < -0.4 is 10.1 Å². The van der Waals surface area contributed by atoms with Crippen molar-refractivity contribution in [2.24, 2.45) is 0 Å². The topological polar surface area (TPSA) is 33.7 Å². The molecule has 0 aliphatic carbocycles. The first-order valence-corrected chi connectivity index (χ1v) is 7.96. The van der Waals surface area contributed by atoms with E-state index in [9.17, 15) is 0 Å². The summed E-state index contributed by atoms with van der Waals surface area (Å²) in [5.74, 6) is 1.05. The van der Waals surface area contributed by atoms with Crippen molar-refractivity contribution in [3.63, 3.8) is 0 Å². The van der Waals surface area contributed by atoms with E-state index in [1.165, 1.54) is 11.1 Å². The van der Waals surface area contributed by atoms with Crippen LogP contribution >= 0.6 is 0 Å². The maximum absolute atomic E-state index is 6.05. The lowest BCUT2D eigenvalue weighted by Gasteiger charge is -2.40. The third kappa shape index (κ3) is 3.23. The van der Waals surface area contributed by atoms with E-state index in [1.54, 1.807) is 0 Å². The number of rotatable bonds is 4. The molecule has 2 unspecified atom stereocenters. The Morgan fingerprint density at radius 1 is 1.33 bits per heavy atom.